The zero-order valence-corrected chi connectivity index (χ0v) is 41.6. The number of nitrogens with one attached hydrogen (secondary N) is 3. The van der Waals surface area contributed by atoms with Crippen molar-refractivity contribution in [1.29, 1.82) is 0 Å². The average molecular weight is 979 g/mol. The Morgan fingerprint density at radius 3 is 1.50 bits per heavy atom. The molecule has 6 aromatic rings. The first-order valence-corrected chi connectivity index (χ1v) is 25.6. The van der Waals surface area contributed by atoms with Gasteiger partial charge < -0.3 is 44.7 Å². The van der Waals surface area contributed by atoms with Gasteiger partial charge in [0.25, 0.3) is 0 Å². The first-order valence-electron chi connectivity index (χ1n) is 23.8. The third kappa shape index (κ3) is 10.3. The van der Waals surface area contributed by atoms with Crippen molar-refractivity contribution in [2.24, 2.45) is 11.8 Å². The number of fused-ring (bicyclic) bond motifs is 2. The standard InChI is InChI=1S/C25H32N6O5S.C24H30N6O3/c1-16-13-27-31-15-20(28-25(24(16)31)36-17(2)19-12-23(32)26-14-19)18-5-6-21(22(11-18)35-3)29-7-9-30(10-8-29)37(4,33)34;1-15-12-27-30-14-19(28-24(23(15)30)33-16(2)18-11-22(31)26-13-18)17-4-5-20(21(10-17)32-3)29-8-6-25-7-9-29/h5-6,11,13,15,17,19H,7-10,12,14H2,1-4H3,(H,26,32);4-5,10,12,14,16,18,25H,6-9,11,13H2,1-3H3,(H,26,31)/t17-,19-;16-,18-/m11/s1. The maximum absolute atomic E-state index is 11.9. The van der Waals surface area contributed by atoms with Gasteiger partial charge >= 0.3 is 0 Å². The minimum atomic E-state index is -3.20. The van der Waals surface area contributed by atoms with Gasteiger partial charge in [-0.05, 0) is 52.0 Å². The van der Waals surface area contributed by atoms with Crippen molar-refractivity contribution in [1.82, 2.24) is 49.5 Å². The third-order valence-corrected chi connectivity index (χ3v) is 15.0. The number of aryl methyl sites for hydroxylation is 2. The molecule has 3 N–H and O–H groups in total. The number of hydrogen-bond donors (Lipinski definition) is 3. The Morgan fingerprint density at radius 2 is 1.10 bits per heavy atom. The molecular formula is C49H62N12O8S. The van der Waals surface area contributed by atoms with Crippen molar-refractivity contribution in [3.05, 3.63) is 72.3 Å². The quantitative estimate of drug-likeness (QED) is 0.151. The number of methoxy groups -OCH3 is 2. The smallest absolute Gasteiger partial charge is 0.241 e. The number of carbonyl (C=O) groups is 2. The molecule has 70 heavy (non-hydrogen) atoms. The maximum Gasteiger partial charge on any atom is 0.241 e. The highest BCUT2D eigenvalue weighted by Gasteiger charge is 2.31. The van der Waals surface area contributed by atoms with Crippen LogP contribution in [0.1, 0.15) is 37.8 Å². The number of ether oxygens (including phenoxy) is 4. The molecule has 4 aromatic heterocycles. The lowest BCUT2D eigenvalue weighted by Crippen LogP contribution is -2.48. The summed E-state index contributed by atoms with van der Waals surface area (Å²) in [4.78, 5) is 37.6. The van der Waals surface area contributed by atoms with Crippen LogP contribution in [0.25, 0.3) is 33.5 Å². The topological polar surface area (TPSA) is 211 Å². The van der Waals surface area contributed by atoms with E-state index in [-0.39, 0.29) is 35.9 Å². The van der Waals surface area contributed by atoms with Crippen molar-refractivity contribution in [3.63, 3.8) is 0 Å². The number of amides is 2. The summed E-state index contributed by atoms with van der Waals surface area (Å²) < 4.78 is 52.9. The molecule has 0 aliphatic carbocycles. The van der Waals surface area contributed by atoms with Gasteiger partial charge in [0.05, 0.1) is 68.0 Å². The summed E-state index contributed by atoms with van der Waals surface area (Å²) in [6, 6.07) is 12.1. The SMILES string of the molecule is COc1cc(-c2cn3ncc(C)c3c(O[C@H](C)[C@H]3CNC(=O)C3)n2)ccc1N1CCN(S(C)(=O)=O)CC1.COc1cc(-c2cn3ncc(C)c3c(O[C@H](C)[C@H]3CNC(=O)C3)n2)ccc1N1CCNCC1. The van der Waals surface area contributed by atoms with Gasteiger partial charge in [-0.15, -0.1) is 0 Å². The van der Waals surface area contributed by atoms with Crippen LogP contribution in [0.4, 0.5) is 11.4 Å². The monoisotopic (exact) mass is 978 g/mol. The van der Waals surface area contributed by atoms with Crippen molar-refractivity contribution in [3.8, 4) is 45.8 Å². The maximum atomic E-state index is 11.9. The molecule has 0 radical (unpaired) electrons. The first kappa shape index (κ1) is 48.3. The van der Waals surface area contributed by atoms with Gasteiger partial charge in [-0.1, -0.05) is 12.1 Å². The van der Waals surface area contributed by atoms with E-state index in [2.05, 4.69) is 48.1 Å². The van der Waals surface area contributed by atoms with E-state index in [1.807, 2.05) is 75.1 Å². The van der Waals surface area contributed by atoms with Gasteiger partial charge in [0.1, 0.15) is 34.7 Å². The minimum absolute atomic E-state index is 0.0396. The highest BCUT2D eigenvalue weighted by Crippen LogP contribution is 2.37. The summed E-state index contributed by atoms with van der Waals surface area (Å²) in [5, 5.41) is 18.1. The largest absolute Gasteiger partial charge is 0.495 e. The number of carbonyl (C=O) groups excluding carboxylic acids is 2. The second kappa shape index (κ2) is 20.3. The highest BCUT2D eigenvalue weighted by atomic mass is 32.2. The Kier molecular flexibility index (Phi) is 14.0. The molecule has 0 bridgehead atoms. The fourth-order valence-electron chi connectivity index (χ4n) is 9.51. The number of nitrogens with zero attached hydrogens (tertiary/aromatic N) is 9. The number of sulfonamides is 1. The fourth-order valence-corrected chi connectivity index (χ4v) is 10.3. The normalized spacial score (nSPS) is 19.6. The molecule has 21 heteroatoms. The number of anilines is 2. The second-order valence-electron chi connectivity index (χ2n) is 18.4. The summed E-state index contributed by atoms with van der Waals surface area (Å²) >= 11 is 0. The van der Waals surface area contributed by atoms with Gasteiger partial charge in [0, 0.05) is 112 Å². The van der Waals surface area contributed by atoms with E-state index < -0.39 is 10.0 Å². The van der Waals surface area contributed by atoms with Gasteiger partial charge in [-0.25, -0.2) is 27.4 Å². The predicted molar refractivity (Wildman–Crippen MR) is 266 cm³/mol. The lowest BCUT2D eigenvalue weighted by molar-refractivity contribution is -0.120. The Morgan fingerprint density at radius 1 is 0.657 bits per heavy atom. The summed E-state index contributed by atoms with van der Waals surface area (Å²) in [5.41, 5.74) is 8.74. The molecule has 2 aromatic carbocycles. The van der Waals surface area contributed by atoms with Gasteiger partial charge in [0.2, 0.25) is 33.6 Å². The van der Waals surface area contributed by atoms with E-state index in [0.29, 0.717) is 75.3 Å². The molecule has 2 amide bonds. The van der Waals surface area contributed by atoms with Crippen molar-refractivity contribution in [2.45, 2.75) is 52.7 Å². The highest BCUT2D eigenvalue weighted by molar-refractivity contribution is 7.88. The molecule has 4 aliphatic heterocycles. The summed E-state index contributed by atoms with van der Waals surface area (Å²) in [5.74, 6) is 2.79. The van der Waals surface area contributed by atoms with Crippen LogP contribution in [0.3, 0.4) is 0 Å². The molecule has 4 atom stereocenters. The molecule has 4 saturated heterocycles. The van der Waals surface area contributed by atoms with Crippen molar-refractivity contribution in [2.75, 3.05) is 95.7 Å². The zero-order valence-electron chi connectivity index (χ0n) is 40.8. The van der Waals surface area contributed by atoms with Gasteiger partial charge in [-0.2, -0.15) is 14.5 Å². The van der Waals surface area contributed by atoms with Crippen LogP contribution in [-0.2, 0) is 19.6 Å². The third-order valence-electron chi connectivity index (χ3n) is 13.7. The van der Waals surface area contributed by atoms with Gasteiger partial charge in [0.15, 0.2) is 0 Å². The molecule has 0 spiro atoms. The van der Waals surface area contributed by atoms with E-state index in [0.717, 1.165) is 82.3 Å². The van der Waals surface area contributed by atoms with E-state index >= 15 is 0 Å². The van der Waals surface area contributed by atoms with Crippen LogP contribution in [0.5, 0.6) is 23.3 Å². The molecule has 10 rings (SSSR count). The summed E-state index contributed by atoms with van der Waals surface area (Å²) in [7, 11) is 0.120. The molecule has 4 fully saturated rings. The summed E-state index contributed by atoms with van der Waals surface area (Å²) in [6.07, 6.45) is 9.15. The van der Waals surface area contributed by atoms with E-state index in [4.69, 9.17) is 28.9 Å². The van der Waals surface area contributed by atoms with Crippen molar-refractivity contribution >= 4 is 44.2 Å². The Labute approximate surface area is 407 Å². The first-order chi connectivity index (χ1) is 33.7. The average Bonchev–Trinajstić information content (AvgIpc) is 4.19. The van der Waals surface area contributed by atoms with E-state index in [1.165, 1.54) is 10.6 Å². The predicted octanol–water partition coefficient (Wildman–Crippen LogP) is 3.72. The Bertz CT molecular complexity index is 3000. The Balaban J connectivity index is 0.000000175. The molecule has 4 aliphatic rings. The number of hydrogen-bond acceptors (Lipinski definition) is 15. The van der Waals surface area contributed by atoms with Crippen LogP contribution in [0, 0.1) is 25.7 Å². The van der Waals surface area contributed by atoms with E-state index in [1.54, 1.807) is 24.9 Å². The molecule has 372 valence electrons. The van der Waals surface area contributed by atoms with Crippen LogP contribution in [-0.4, -0.2) is 152 Å². The minimum Gasteiger partial charge on any atom is -0.495 e. The molecule has 20 nitrogen and oxygen atoms in total. The number of aromatic nitrogens is 6. The lowest BCUT2D eigenvalue weighted by atomic mass is 10.0. The zero-order chi connectivity index (χ0) is 49.3. The number of piperazine rings is 2. The fraction of sp³-hybridized carbons (Fsp3) is 0.469. The van der Waals surface area contributed by atoms with Gasteiger partial charge in [-0.3, -0.25) is 9.59 Å². The van der Waals surface area contributed by atoms with Crippen LogP contribution < -0.4 is 44.7 Å². The van der Waals surface area contributed by atoms with Crippen LogP contribution >= 0.6 is 0 Å². The number of rotatable bonds is 13. The molecule has 8 heterocycles. The van der Waals surface area contributed by atoms with Crippen LogP contribution in [0.15, 0.2) is 61.2 Å². The van der Waals surface area contributed by atoms with Crippen molar-refractivity contribution < 1.29 is 37.0 Å². The molecule has 0 unspecified atom stereocenters. The second-order valence-corrected chi connectivity index (χ2v) is 20.4. The van der Waals surface area contributed by atoms with Crippen LogP contribution in [0.2, 0.25) is 0 Å². The number of benzene rings is 2. The lowest BCUT2D eigenvalue weighted by Gasteiger charge is -2.35. The Hall–Kier alpha value is -6.71. The van der Waals surface area contributed by atoms with E-state index in [9.17, 15) is 18.0 Å². The molecular weight excluding hydrogens is 917 g/mol. The summed E-state index contributed by atoms with van der Waals surface area (Å²) in [6.45, 7) is 15.0. The molecule has 0 saturated carbocycles.